The van der Waals surface area contributed by atoms with E-state index in [0.717, 1.165) is 16.7 Å². The molecule has 0 aromatic heterocycles. The summed E-state index contributed by atoms with van der Waals surface area (Å²) in [4.78, 5) is 28.8. The summed E-state index contributed by atoms with van der Waals surface area (Å²) in [6, 6.07) is 21.9. The summed E-state index contributed by atoms with van der Waals surface area (Å²) in [5.74, 6) is 0.843. The topological polar surface area (TPSA) is 49.4 Å². The summed E-state index contributed by atoms with van der Waals surface area (Å²) in [5, 5.41) is 4.64. The number of rotatable bonds is 12. The first-order chi connectivity index (χ1) is 17.7. The van der Waals surface area contributed by atoms with Crippen molar-refractivity contribution in [1.82, 2.24) is 10.2 Å². The van der Waals surface area contributed by atoms with E-state index in [1.807, 2.05) is 68.4 Å². The SMILES string of the molecule is CC(C)CNC(=O)C(Cc1ccccc1)N(Cc1ccc(Cl)cc1)C(=O)CSCc1ccc(Cl)c(Cl)c1. The number of halogens is 3. The Morgan fingerprint density at radius 1 is 0.865 bits per heavy atom. The number of benzene rings is 3. The number of hydrogen-bond acceptors (Lipinski definition) is 3. The summed E-state index contributed by atoms with van der Waals surface area (Å²) >= 11 is 19.7. The molecule has 1 unspecified atom stereocenters. The maximum absolute atomic E-state index is 13.7. The lowest BCUT2D eigenvalue weighted by Crippen LogP contribution is -2.51. The summed E-state index contributed by atoms with van der Waals surface area (Å²) in [6.07, 6.45) is 0.418. The Bertz CT molecular complexity index is 1170. The van der Waals surface area contributed by atoms with Gasteiger partial charge in [-0.1, -0.05) is 97.2 Å². The Balaban J connectivity index is 1.83. The number of nitrogens with one attached hydrogen (secondary N) is 1. The molecular weight excluding hydrogens is 547 g/mol. The molecule has 4 nitrogen and oxygen atoms in total. The molecule has 1 atom stereocenters. The van der Waals surface area contributed by atoms with Crippen LogP contribution in [-0.2, 0) is 28.3 Å². The lowest BCUT2D eigenvalue weighted by Gasteiger charge is -2.32. The summed E-state index contributed by atoms with van der Waals surface area (Å²) < 4.78 is 0. The molecule has 0 radical (unpaired) electrons. The third kappa shape index (κ3) is 9.57. The quantitative estimate of drug-likeness (QED) is 0.246. The van der Waals surface area contributed by atoms with Gasteiger partial charge in [0.05, 0.1) is 15.8 Å². The van der Waals surface area contributed by atoms with Crippen molar-refractivity contribution < 1.29 is 9.59 Å². The zero-order valence-electron chi connectivity index (χ0n) is 20.9. The van der Waals surface area contributed by atoms with Crippen LogP contribution in [0.2, 0.25) is 15.1 Å². The Morgan fingerprint density at radius 2 is 1.54 bits per heavy atom. The van der Waals surface area contributed by atoms with Crippen LogP contribution in [-0.4, -0.2) is 35.1 Å². The zero-order valence-corrected chi connectivity index (χ0v) is 24.0. The minimum Gasteiger partial charge on any atom is -0.354 e. The molecule has 0 aliphatic heterocycles. The average molecular weight is 578 g/mol. The van der Waals surface area contributed by atoms with E-state index in [1.54, 1.807) is 23.1 Å². The van der Waals surface area contributed by atoms with E-state index in [2.05, 4.69) is 5.32 Å². The van der Waals surface area contributed by atoms with Crippen molar-refractivity contribution in [3.63, 3.8) is 0 Å². The highest BCUT2D eigenvalue weighted by Crippen LogP contribution is 2.25. The first-order valence-electron chi connectivity index (χ1n) is 12.1. The van der Waals surface area contributed by atoms with Crippen LogP contribution in [0.3, 0.4) is 0 Å². The molecule has 0 bridgehead atoms. The van der Waals surface area contributed by atoms with Gasteiger partial charge in [-0.05, 0) is 46.9 Å². The molecule has 37 heavy (non-hydrogen) atoms. The average Bonchev–Trinajstić information content (AvgIpc) is 2.88. The first kappa shape index (κ1) is 29.4. The maximum atomic E-state index is 13.7. The van der Waals surface area contributed by atoms with Crippen LogP contribution in [0, 0.1) is 5.92 Å². The van der Waals surface area contributed by atoms with E-state index in [0.29, 0.717) is 46.2 Å². The molecule has 0 saturated heterocycles. The van der Waals surface area contributed by atoms with Crippen LogP contribution in [0.4, 0.5) is 0 Å². The second kappa shape index (κ2) is 14.7. The molecule has 0 spiro atoms. The molecule has 0 saturated carbocycles. The molecule has 0 fully saturated rings. The number of nitrogens with zero attached hydrogens (tertiary/aromatic N) is 1. The van der Waals surface area contributed by atoms with Gasteiger partial charge in [-0.15, -0.1) is 11.8 Å². The van der Waals surface area contributed by atoms with E-state index in [4.69, 9.17) is 34.8 Å². The normalized spacial score (nSPS) is 11.8. The Hall–Kier alpha value is -2.18. The molecule has 196 valence electrons. The predicted molar refractivity (Wildman–Crippen MR) is 156 cm³/mol. The van der Waals surface area contributed by atoms with Gasteiger partial charge < -0.3 is 10.2 Å². The fraction of sp³-hybridized carbons (Fsp3) is 0.310. The lowest BCUT2D eigenvalue weighted by atomic mass is 10.0. The van der Waals surface area contributed by atoms with Gasteiger partial charge >= 0.3 is 0 Å². The van der Waals surface area contributed by atoms with Gasteiger partial charge in [-0.2, -0.15) is 0 Å². The number of thioether (sulfide) groups is 1. The lowest BCUT2D eigenvalue weighted by molar-refractivity contribution is -0.139. The van der Waals surface area contributed by atoms with Gasteiger partial charge in [-0.3, -0.25) is 9.59 Å². The fourth-order valence-electron chi connectivity index (χ4n) is 3.73. The van der Waals surface area contributed by atoms with Gasteiger partial charge in [-0.25, -0.2) is 0 Å². The van der Waals surface area contributed by atoms with Crippen molar-refractivity contribution in [2.45, 2.75) is 38.6 Å². The van der Waals surface area contributed by atoms with Crippen molar-refractivity contribution in [3.8, 4) is 0 Å². The van der Waals surface area contributed by atoms with E-state index in [1.165, 1.54) is 11.8 Å². The third-order valence-electron chi connectivity index (χ3n) is 5.70. The van der Waals surface area contributed by atoms with Crippen LogP contribution < -0.4 is 5.32 Å². The summed E-state index contributed by atoms with van der Waals surface area (Å²) in [6.45, 7) is 4.93. The number of hydrogen-bond donors (Lipinski definition) is 1. The number of carbonyl (C=O) groups excluding carboxylic acids is 2. The molecule has 3 rings (SSSR count). The molecule has 8 heteroatoms. The highest BCUT2D eigenvalue weighted by Gasteiger charge is 2.30. The van der Waals surface area contributed by atoms with Crippen LogP contribution in [0.15, 0.2) is 72.8 Å². The Morgan fingerprint density at radius 3 is 2.19 bits per heavy atom. The van der Waals surface area contributed by atoms with Gasteiger partial charge in [0.15, 0.2) is 0 Å². The van der Waals surface area contributed by atoms with Gasteiger partial charge in [0.1, 0.15) is 6.04 Å². The van der Waals surface area contributed by atoms with Crippen LogP contribution in [0.25, 0.3) is 0 Å². The maximum Gasteiger partial charge on any atom is 0.243 e. The van der Waals surface area contributed by atoms with Crippen molar-refractivity contribution in [1.29, 1.82) is 0 Å². The zero-order chi connectivity index (χ0) is 26.8. The van der Waals surface area contributed by atoms with Crippen molar-refractivity contribution >= 4 is 58.4 Å². The van der Waals surface area contributed by atoms with Crippen molar-refractivity contribution in [3.05, 3.63) is 105 Å². The molecule has 0 aliphatic rings. The molecule has 0 heterocycles. The largest absolute Gasteiger partial charge is 0.354 e. The van der Waals surface area contributed by atoms with E-state index in [-0.39, 0.29) is 17.6 Å². The second-order valence-electron chi connectivity index (χ2n) is 9.23. The highest BCUT2D eigenvalue weighted by molar-refractivity contribution is 7.99. The minimum atomic E-state index is -0.657. The molecule has 3 aromatic rings. The van der Waals surface area contributed by atoms with Crippen molar-refractivity contribution in [2.75, 3.05) is 12.3 Å². The first-order valence-corrected chi connectivity index (χ1v) is 14.4. The number of amides is 2. The molecule has 1 N–H and O–H groups in total. The van der Waals surface area contributed by atoms with Crippen LogP contribution in [0.5, 0.6) is 0 Å². The summed E-state index contributed by atoms with van der Waals surface area (Å²) in [5.41, 5.74) is 2.87. The molecule has 2 amide bonds. The Labute approximate surface area is 238 Å². The smallest absolute Gasteiger partial charge is 0.243 e. The van der Waals surface area contributed by atoms with Crippen LogP contribution >= 0.6 is 46.6 Å². The van der Waals surface area contributed by atoms with E-state index in [9.17, 15) is 9.59 Å². The fourth-order valence-corrected chi connectivity index (χ4v) is 5.04. The standard InChI is InChI=1S/C29H31Cl3N2O2S/c1-20(2)16-33-29(36)27(15-21-6-4-3-5-7-21)34(17-22-8-11-24(30)12-9-22)28(35)19-37-18-23-10-13-25(31)26(32)14-23/h3-14,20,27H,15-19H2,1-2H3,(H,33,36). The molecule has 0 aliphatic carbocycles. The number of carbonyl (C=O) groups is 2. The molecule has 3 aromatic carbocycles. The van der Waals surface area contributed by atoms with Gasteiger partial charge in [0.2, 0.25) is 11.8 Å². The monoisotopic (exact) mass is 576 g/mol. The molecular formula is C29H31Cl3N2O2S. The minimum absolute atomic E-state index is 0.111. The van der Waals surface area contributed by atoms with E-state index < -0.39 is 6.04 Å². The second-order valence-corrected chi connectivity index (χ2v) is 11.5. The van der Waals surface area contributed by atoms with Gasteiger partial charge in [0, 0.05) is 30.3 Å². The van der Waals surface area contributed by atoms with E-state index >= 15 is 0 Å². The van der Waals surface area contributed by atoms with Gasteiger partial charge in [0.25, 0.3) is 0 Å². The third-order valence-corrected chi connectivity index (χ3v) is 7.68. The highest BCUT2D eigenvalue weighted by atomic mass is 35.5. The van der Waals surface area contributed by atoms with Crippen LogP contribution in [0.1, 0.15) is 30.5 Å². The van der Waals surface area contributed by atoms with Crippen molar-refractivity contribution in [2.24, 2.45) is 5.92 Å². The summed E-state index contributed by atoms with van der Waals surface area (Å²) in [7, 11) is 0. The Kier molecular flexibility index (Phi) is 11.7. The predicted octanol–water partition coefficient (Wildman–Crippen LogP) is 7.29.